The van der Waals surface area contributed by atoms with Gasteiger partial charge in [0, 0.05) is 29.4 Å². The summed E-state index contributed by atoms with van der Waals surface area (Å²) in [6, 6.07) is 8.39. The normalized spacial score (nSPS) is 15.0. The van der Waals surface area contributed by atoms with Gasteiger partial charge in [-0.2, -0.15) is 0 Å². The van der Waals surface area contributed by atoms with E-state index >= 15 is 0 Å². The molecule has 1 fully saturated rings. The molecule has 6 heteroatoms. The van der Waals surface area contributed by atoms with E-state index in [1.807, 2.05) is 19.1 Å². The highest BCUT2D eigenvalue weighted by Crippen LogP contribution is 2.39. The summed E-state index contributed by atoms with van der Waals surface area (Å²) in [5.74, 6) is -0.255. The summed E-state index contributed by atoms with van der Waals surface area (Å²) in [7, 11) is 0. The Labute approximate surface area is 136 Å². The van der Waals surface area contributed by atoms with Gasteiger partial charge in [-0.1, -0.05) is 0 Å². The molecule has 0 unspecified atom stereocenters. The Morgan fingerprint density at radius 2 is 2.04 bits per heavy atom. The van der Waals surface area contributed by atoms with E-state index in [9.17, 15) is 9.18 Å². The Balaban J connectivity index is 1.72. The molecule has 0 aliphatic carbocycles. The van der Waals surface area contributed by atoms with Crippen LogP contribution < -0.4 is 9.80 Å². The fourth-order valence-electron chi connectivity index (χ4n) is 2.92. The zero-order valence-corrected chi connectivity index (χ0v) is 13.3. The standard InChI is InChI=1S/C17H14FN3OS/c1-11-14-9-12(18)4-5-15(14)23-16(11)21-8-7-20(17(21)22)13-3-2-6-19-10-13/h2-6,9-10H,7-8H2,1H3. The summed E-state index contributed by atoms with van der Waals surface area (Å²) in [5.41, 5.74) is 1.75. The average molecular weight is 327 g/mol. The van der Waals surface area contributed by atoms with Crippen molar-refractivity contribution in [3.8, 4) is 0 Å². The van der Waals surface area contributed by atoms with E-state index in [0.717, 1.165) is 26.3 Å². The number of fused-ring (bicyclic) bond motifs is 1. The number of pyridine rings is 1. The fraction of sp³-hybridized carbons (Fsp3) is 0.176. The number of hydrogen-bond donors (Lipinski definition) is 0. The van der Waals surface area contributed by atoms with Crippen LogP contribution in [0.4, 0.5) is 19.9 Å². The van der Waals surface area contributed by atoms with Crippen molar-refractivity contribution in [1.29, 1.82) is 0 Å². The quantitative estimate of drug-likeness (QED) is 0.707. The van der Waals surface area contributed by atoms with Crippen molar-refractivity contribution in [3.05, 3.63) is 54.1 Å². The summed E-state index contributed by atoms with van der Waals surface area (Å²) in [5, 5.41) is 1.76. The predicted octanol–water partition coefficient (Wildman–Crippen LogP) is 4.19. The number of halogens is 1. The second kappa shape index (κ2) is 5.31. The van der Waals surface area contributed by atoms with Gasteiger partial charge in [-0.05, 0) is 42.8 Å². The molecule has 2 amide bonds. The molecule has 0 N–H and O–H groups in total. The molecule has 4 rings (SSSR count). The zero-order valence-electron chi connectivity index (χ0n) is 12.5. The number of rotatable bonds is 2. The van der Waals surface area contributed by atoms with Crippen LogP contribution in [-0.2, 0) is 0 Å². The monoisotopic (exact) mass is 327 g/mol. The van der Waals surface area contributed by atoms with E-state index in [4.69, 9.17) is 0 Å². The molecule has 1 saturated heterocycles. The van der Waals surface area contributed by atoms with Crippen molar-refractivity contribution >= 4 is 38.1 Å². The highest BCUT2D eigenvalue weighted by atomic mass is 32.1. The van der Waals surface area contributed by atoms with Crippen LogP contribution >= 0.6 is 11.3 Å². The number of urea groups is 1. The van der Waals surface area contributed by atoms with Crippen LogP contribution in [0.5, 0.6) is 0 Å². The molecule has 23 heavy (non-hydrogen) atoms. The number of amides is 2. The van der Waals surface area contributed by atoms with Crippen LogP contribution in [0.25, 0.3) is 10.1 Å². The Bertz CT molecular complexity index is 893. The lowest BCUT2D eigenvalue weighted by molar-refractivity contribution is 0.256. The molecule has 0 spiro atoms. The maximum Gasteiger partial charge on any atom is 0.329 e. The highest BCUT2D eigenvalue weighted by Gasteiger charge is 2.32. The first-order valence-electron chi connectivity index (χ1n) is 7.33. The number of carbonyl (C=O) groups is 1. The number of hydrogen-bond acceptors (Lipinski definition) is 3. The largest absolute Gasteiger partial charge is 0.329 e. The maximum absolute atomic E-state index is 13.5. The molecule has 0 atom stereocenters. The van der Waals surface area contributed by atoms with Crippen molar-refractivity contribution in [2.24, 2.45) is 0 Å². The zero-order chi connectivity index (χ0) is 16.0. The number of thiophene rings is 1. The first-order valence-corrected chi connectivity index (χ1v) is 8.14. The van der Waals surface area contributed by atoms with Crippen LogP contribution in [0.1, 0.15) is 5.56 Å². The number of carbonyl (C=O) groups excluding carboxylic acids is 1. The SMILES string of the molecule is Cc1c(N2CCN(c3cccnc3)C2=O)sc2ccc(F)cc12. The van der Waals surface area contributed by atoms with Crippen molar-refractivity contribution in [2.75, 3.05) is 22.9 Å². The van der Waals surface area contributed by atoms with Gasteiger partial charge in [0.25, 0.3) is 0 Å². The first-order chi connectivity index (χ1) is 11.1. The van der Waals surface area contributed by atoms with E-state index in [-0.39, 0.29) is 11.8 Å². The minimum Gasteiger partial charge on any atom is -0.291 e. The summed E-state index contributed by atoms with van der Waals surface area (Å²) in [4.78, 5) is 20.3. The van der Waals surface area contributed by atoms with Gasteiger partial charge < -0.3 is 0 Å². The molecule has 2 aromatic heterocycles. The lowest BCUT2D eigenvalue weighted by atomic mass is 10.2. The number of aromatic nitrogens is 1. The van der Waals surface area contributed by atoms with Gasteiger partial charge in [0.2, 0.25) is 0 Å². The number of nitrogens with zero attached hydrogens (tertiary/aromatic N) is 3. The lowest BCUT2D eigenvalue weighted by Gasteiger charge is -2.17. The molecule has 116 valence electrons. The summed E-state index contributed by atoms with van der Waals surface area (Å²) in [6.07, 6.45) is 3.38. The van der Waals surface area contributed by atoms with Crippen molar-refractivity contribution < 1.29 is 9.18 Å². The van der Waals surface area contributed by atoms with E-state index in [1.54, 1.807) is 28.3 Å². The lowest BCUT2D eigenvalue weighted by Crippen LogP contribution is -2.31. The summed E-state index contributed by atoms with van der Waals surface area (Å²) < 4.78 is 14.5. The number of anilines is 2. The van der Waals surface area contributed by atoms with Gasteiger partial charge in [-0.3, -0.25) is 14.8 Å². The van der Waals surface area contributed by atoms with Crippen molar-refractivity contribution in [2.45, 2.75) is 6.92 Å². The molecule has 1 aliphatic heterocycles. The Morgan fingerprint density at radius 1 is 1.22 bits per heavy atom. The molecular formula is C17H14FN3OS. The van der Waals surface area contributed by atoms with E-state index in [2.05, 4.69) is 4.98 Å². The second-order valence-electron chi connectivity index (χ2n) is 5.47. The molecule has 3 heterocycles. The molecular weight excluding hydrogens is 313 g/mol. The minimum atomic E-state index is -0.255. The molecule has 0 saturated carbocycles. The van der Waals surface area contributed by atoms with E-state index in [1.165, 1.54) is 23.5 Å². The topological polar surface area (TPSA) is 36.4 Å². The van der Waals surface area contributed by atoms with Crippen LogP contribution in [0.15, 0.2) is 42.7 Å². The number of benzene rings is 1. The van der Waals surface area contributed by atoms with Crippen LogP contribution in [0.2, 0.25) is 0 Å². The smallest absolute Gasteiger partial charge is 0.291 e. The highest BCUT2D eigenvalue weighted by molar-refractivity contribution is 7.23. The predicted molar refractivity (Wildman–Crippen MR) is 90.8 cm³/mol. The van der Waals surface area contributed by atoms with Gasteiger partial charge in [0.05, 0.1) is 11.9 Å². The van der Waals surface area contributed by atoms with Gasteiger partial charge in [0.15, 0.2) is 0 Å². The molecule has 1 aliphatic rings. The van der Waals surface area contributed by atoms with Crippen molar-refractivity contribution in [3.63, 3.8) is 0 Å². The third kappa shape index (κ3) is 2.26. The Kier molecular flexibility index (Phi) is 3.27. The summed E-state index contributed by atoms with van der Waals surface area (Å²) in [6.45, 7) is 3.17. The molecule has 0 radical (unpaired) electrons. The summed E-state index contributed by atoms with van der Waals surface area (Å²) >= 11 is 1.53. The first kappa shape index (κ1) is 14.1. The maximum atomic E-state index is 13.5. The van der Waals surface area contributed by atoms with Gasteiger partial charge in [-0.25, -0.2) is 9.18 Å². The average Bonchev–Trinajstić information content (AvgIpc) is 3.09. The molecule has 0 bridgehead atoms. The second-order valence-corrected chi connectivity index (χ2v) is 6.50. The van der Waals surface area contributed by atoms with Crippen LogP contribution in [-0.4, -0.2) is 24.1 Å². The van der Waals surface area contributed by atoms with Crippen molar-refractivity contribution in [1.82, 2.24) is 4.98 Å². The molecule has 4 nitrogen and oxygen atoms in total. The van der Waals surface area contributed by atoms with E-state index < -0.39 is 0 Å². The van der Waals surface area contributed by atoms with Crippen LogP contribution in [0, 0.1) is 12.7 Å². The molecule has 3 aromatic rings. The fourth-order valence-corrected chi connectivity index (χ4v) is 4.13. The van der Waals surface area contributed by atoms with Gasteiger partial charge >= 0.3 is 6.03 Å². The van der Waals surface area contributed by atoms with Crippen LogP contribution in [0.3, 0.4) is 0 Å². The Morgan fingerprint density at radius 3 is 2.83 bits per heavy atom. The van der Waals surface area contributed by atoms with Gasteiger partial charge in [0.1, 0.15) is 10.8 Å². The third-order valence-corrected chi connectivity index (χ3v) is 5.38. The number of aryl methyl sites for hydroxylation is 1. The molecule has 1 aromatic carbocycles. The van der Waals surface area contributed by atoms with E-state index in [0.29, 0.717) is 13.1 Å². The Hall–Kier alpha value is -2.47. The third-order valence-electron chi connectivity index (χ3n) is 4.08. The minimum absolute atomic E-state index is 0.0619. The van der Waals surface area contributed by atoms with Gasteiger partial charge in [-0.15, -0.1) is 11.3 Å².